The van der Waals surface area contributed by atoms with Crippen LogP contribution in [-0.2, 0) is 0 Å². The van der Waals surface area contributed by atoms with E-state index in [1.54, 1.807) is 37.3 Å². The summed E-state index contributed by atoms with van der Waals surface area (Å²) in [6, 6.07) is 12.9. The fourth-order valence-electron chi connectivity index (χ4n) is 1.92. The number of Topliss-reactive ketones (excluding diaryl/α,β-unsaturated/α-hetero) is 1. The molecule has 108 valence electrons. The molecule has 0 fully saturated rings. The minimum atomic E-state index is -0.550. The molecule has 0 bridgehead atoms. The first kappa shape index (κ1) is 15.4. The molecule has 0 aliphatic heterocycles. The van der Waals surface area contributed by atoms with Crippen molar-refractivity contribution >= 4 is 39.7 Å². The van der Waals surface area contributed by atoms with Crippen molar-refractivity contribution in [3.8, 4) is 0 Å². The minimum absolute atomic E-state index is 0.0419. The van der Waals surface area contributed by atoms with E-state index in [9.17, 15) is 14.9 Å². The number of nitro benzene ring substituents is 1. The molecule has 1 atom stereocenters. The van der Waals surface area contributed by atoms with Gasteiger partial charge in [-0.25, -0.2) is 0 Å². The molecule has 0 aliphatic carbocycles. The zero-order valence-electron chi connectivity index (χ0n) is 11.2. The number of ketones is 1. The molecule has 0 amide bonds. The number of nitrogens with one attached hydrogen (secondary N) is 1. The standard InChI is InChI=1S/C15H13IN2O3/c1-10(15(19)11-6-8-12(16)9-7-11)17-13-4-2-3-5-14(13)18(20)21/h2-10,17H,1H3/t10-/m0/s1. The van der Waals surface area contributed by atoms with Crippen LogP contribution in [0, 0.1) is 13.7 Å². The first-order valence-corrected chi connectivity index (χ1v) is 7.36. The number of hydrogen-bond acceptors (Lipinski definition) is 4. The van der Waals surface area contributed by atoms with Crippen LogP contribution in [0.5, 0.6) is 0 Å². The summed E-state index contributed by atoms with van der Waals surface area (Å²) in [5.74, 6) is -0.107. The van der Waals surface area contributed by atoms with E-state index >= 15 is 0 Å². The van der Waals surface area contributed by atoms with Gasteiger partial charge >= 0.3 is 0 Å². The van der Waals surface area contributed by atoms with Crippen LogP contribution in [0.25, 0.3) is 0 Å². The summed E-state index contributed by atoms with van der Waals surface area (Å²) in [6.45, 7) is 1.69. The first-order valence-electron chi connectivity index (χ1n) is 6.29. The molecule has 21 heavy (non-hydrogen) atoms. The van der Waals surface area contributed by atoms with Crippen LogP contribution >= 0.6 is 22.6 Å². The van der Waals surface area contributed by atoms with Crippen LogP contribution in [0.1, 0.15) is 17.3 Å². The molecular formula is C15H13IN2O3. The molecule has 1 N–H and O–H groups in total. The van der Waals surface area contributed by atoms with E-state index in [1.165, 1.54) is 6.07 Å². The second-order valence-electron chi connectivity index (χ2n) is 4.51. The SMILES string of the molecule is C[C@H](Nc1ccccc1[N+](=O)[O-])C(=O)c1ccc(I)cc1. The van der Waals surface area contributed by atoms with Gasteiger partial charge in [0.2, 0.25) is 0 Å². The summed E-state index contributed by atoms with van der Waals surface area (Å²) in [4.78, 5) is 22.8. The quantitative estimate of drug-likeness (QED) is 0.360. The lowest BCUT2D eigenvalue weighted by molar-refractivity contribution is -0.384. The third-order valence-electron chi connectivity index (χ3n) is 2.99. The summed E-state index contributed by atoms with van der Waals surface area (Å²) in [5.41, 5.74) is 0.877. The van der Waals surface area contributed by atoms with Crippen LogP contribution in [-0.4, -0.2) is 16.7 Å². The topological polar surface area (TPSA) is 72.2 Å². The number of nitrogens with zero attached hydrogens (tertiary/aromatic N) is 1. The van der Waals surface area contributed by atoms with Gasteiger partial charge in [-0.1, -0.05) is 24.3 Å². The monoisotopic (exact) mass is 396 g/mol. The van der Waals surface area contributed by atoms with Crippen molar-refractivity contribution in [2.75, 3.05) is 5.32 Å². The number of hydrogen-bond donors (Lipinski definition) is 1. The van der Waals surface area contributed by atoms with E-state index in [-0.39, 0.29) is 11.5 Å². The zero-order valence-corrected chi connectivity index (χ0v) is 13.4. The Labute approximate surface area is 135 Å². The van der Waals surface area contributed by atoms with Crippen molar-refractivity contribution in [2.45, 2.75) is 13.0 Å². The second-order valence-corrected chi connectivity index (χ2v) is 5.76. The maximum absolute atomic E-state index is 12.3. The summed E-state index contributed by atoms with van der Waals surface area (Å²) >= 11 is 2.17. The Morgan fingerprint density at radius 3 is 2.43 bits per heavy atom. The molecular weight excluding hydrogens is 383 g/mol. The van der Waals surface area contributed by atoms with Crippen molar-refractivity contribution in [3.63, 3.8) is 0 Å². The highest BCUT2D eigenvalue weighted by molar-refractivity contribution is 14.1. The molecule has 0 radical (unpaired) electrons. The number of rotatable bonds is 5. The highest BCUT2D eigenvalue weighted by Gasteiger charge is 2.19. The van der Waals surface area contributed by atoms with E-state index < -0.39 is 11.0 Å². The molecule has 0 spiro atoms. The predicted molar refractivity (Wildman–Crippen MR) is 89.7 cm³/mol. The number of carbonyl (C=O) groups excluding carboxylic acids is 1. The number of carbonyl (C=O) groups is 1. The third-order valence-corrected chi connectivity index (χ3v) is 3.71. The van der Waals surface area contributed by atoms with Crippen LogP contribution in [0.15, 0.2) is 48.5 Å². The molecule has 2 aromatic carbocycles. The van der Waals surface area contributed by atoms with Crippen molar-refractivity contribution < 1.29 is 9.72 Å². The maximum Gasteiger partial charge on any atom is 0.292 e. The van der Waals surface area contributed by atoms with Crippen molar-refractivity contribution in [1.82, 2.24) is 0 Å². The van der Waals surface area contributed by atoms with Gasteiger partial charge in [0.15, 0.2) is 5.78 Å². The summed E-state index contributed by atoms with van der Waals surface area (Å²) < 4.78 is 1.04. The average molecular weight is 396 g/mol. The lowest BCUT2D eigenvalue weighted by Gasteiger charge is -2.14. The van der Waals surface area contributed by atoms with Gasteiger partial charge in [-0.15, -0.1) is 0 Å². The van der Waals surface area contributed by atoms with E-state index in [0.717, 1.165) is 3.57 Å². The van der Waals surface area contributed by atoms with Gasteiger partial charge < -0.3 is 5.32 Å². The minimum Gasteiger partial charge on any atom is -0.370 e. The molecule has 0 saturated carbocycles. The Bertz CT molecular complexity index is 671. The fraction of sp³-hybridized carbons (Fsp3) is 0.133. The lowest BCUT2D eigenvalue weighted by atomic mass is 10.1. The molecule has 0 aliphatic rings. The number of halogens is 1. The van der Waals surface area contributed by atoms with Gasteiger partial charge in [0.25, 0.3) is 5.69 Å². The molecule has 0 saturated heterocycles. The largest absolute Gasteiger partial charge is 0.370 e. The van der Waals surface area contributed by atoms with Crippen molar-refractivity contribution in [2.24, 2.45) is 0 Å². The number of anilines is 1. The zero-order chi connectivity index (χ0) is 15.4. The average Bonchev–Trinajstić information content (AvgIpc) is 2.47. The molecule has 2 rings (SSSR count). The summed E-state index contributed by atoms with van der Waals surface area (Å²) in [5, 5.41) is 13.9. The Hall–Kier alpha value is -1.96. The number of nitro groups is 1. The van der Waals surface area contributed by atoms with E-state index in [4.69, 9.17) is 0 Å². The molecule has 0 heterocycles. The van der Waals surface area contributed by atoms with Gasteiger partial charge in [0, 0.05) is 15.2 Å². The van der Waals surface area contributed by atoms with Crippen LogP contribution < -0.4 is 5.32 Å². The molecule has 0 aromatic heterocycles. The maximum atomic E-state index is 12.3. The number of para-hydroxylation sites is 2. The summed E-state index contributed by atoms with van der Waals surface area (Å²) in [6.07, 6.45) is 0. The fourth-order valence-corrected chi connectivity index (χ4v) is 2.28. The second kappa shape index (κ2) is 6.66. The van der Waals surface area contributed by atoms with Crippen LogP contribution in [0.3, 0.4) is 0 Å². The van der Waals surface area contributed by atoms with Gasteiger partial charge in [0.1, 0.15) is 5.69 Å². The van der Waals surface area contributed by atoms with Gasteiger partial charge in [-0.3, -0.25) is 14.9 Å². The van der Waals surface area contributed by atoms with Crippen LogP contribution in [0.4, 0.5) is 11.4 Å². The first-order chi connectivity index (χ1) is 9.99. The predicted octanol–water partition coefficient (Wildman–Crippen LogP) is 3.88. The lowest BCUT2D eigenvalue weighted by Crippen LogP contribution is -2.26. The molecule has 6 heteroatoms. The highest BCUT2D eigenvalue weighted by atomic mass is 127. The van der Waals surface area contributed by atoms with Crippen LogP contribution in [0.2, 0.25) is 0 Å². The van der Waals surface area contributed by atoms with Gasteiger partial charge in [0.05, 0.1) is 11.0 Å². The normalized spacial score (nSPS) is 11.7. The van der Waals surface area contributed by atoms with E-state index in [2.05, 4.69) is 27.9 Å². The summed E-state index contributed by atoms with van der Waals surface area (Å²) in [7, 11) is 0. The van der Waals surface area contributed by atoms with Gasteiger partial charge in [-0.2, -0.15) is 0 Å². The van der Waals surface area contributed by atoms with Crippen molar-refractivity contribution in [1.29, 1.82) is 0 Å². The number of benzene rings is 2. The van der Waals surface area contributed by atoms with Crippen molar-refractivity contribution in [3.05, 3.63) is 67.8 Å². The van der Waals surface area contributed by atoms with E-state index in [1.807, 2.05) is 12.1 Å². The Kier molecular flexibility index (Phi) is 4.89. The molecule has 5 nitrogen and oxygen atoms in total. The Morgan fingerprint density at radius 1 is 1.19 bits per heavy atom. The smallest absolute Gasteiger partial charge is 0.292 e. The van der Waals surface area contributed by atoms with E-state index in [0.29, 0.717) is 11.3 Å². The highest BCUT2D eigenvalue weighted by Crippen LogP contribution is 2.24. The van der Waals surface area contributed by atoms with Gasteiger partial charge in [-0.05, 0) is 47.7 Å². The molecule has 2 aromatic rings. The third kappa shape index (κ3) is 3.78. The Morgan fingerprint density at radius 2 is 1.81 bits per heavy atom. The molecule has 0 unspecified atom stereocenters. The Balaban J connectivity index is 2.18.